The van der Waals surface area contributed by atoms with Crippen LogP contribution in [-0.2, 0) is 4.79 Å². The van der Waals surface area contributed by atoms with Crippen LogP contribution in [0.2, 0.25) is 0 Å². The number of aliphatic carboxylic acids is 1. The van der Waals surface area contributed by atoms with Crippen molar-refractivity contribution in [1.29, 1.82) is 0 Å². The third kappa shape index (κ3) is 16.7. The van der Waals surface area contributed by atoms with E-state index >= 15 is 0 Å². The maximum Gasteiger partial charge on any atom is 0.303 e. The van der Waals surface area contributed by atoms with E-state index in [2.05, 4.69) is 18.7 Å². The molecule has 0 aliphatic heterocycles. The van der Waals surface area contributed by atoms with E-state index in [0.717, 1.165) is 19.3 Å². The molecule has 0 heterocycles. The van der Waals surface area contributed by atoms with Crippen molar-refractivity contribution in [1.82, 2.24) is 0 Å². The lowest BCUT2D eigenvalue weighted by molar-refractivity contribution is -0.137. The minimum Gasteiger partial charge on any atom is -0.481 e. The summed E-state index contributed by atoms with van der Waals surface area (Å²) in [7, 11) is 0. The molecule has 0 aliphatic carbocycles. The molecule has 0 amide bonds. The third-order valence-corrected chi connectivity index (χ3v) is 3.26. The zero-order valence-corrected chi connectivity index (χ0v) is 12.7. The monoisotopic (exact) mass is 278 g/mol. The molecule has 0 spiro atoms. The molecule has 0 aromatic carbocycles. The number of allylic oxidation sites excluding steroid dienone is 5. The van der Waals surface area contributed by atoms with Crippen LogP contribution in [0.3, 0.4) is 0 Å². The first-order valence-electron chi connectivity index (χ1n) is 7.93. The minimum atomic E-state index is -0.668. The first kappa shape index (κ1) is 18.7. The molecular weight excluding hydrogens is 248 g/mol. The van der Waals surface area contributed by atoms with Crippen LogP contribution in [0.15, 0.2) is 37.0 Å². The average Bonchev–Trinajstić information content (AvgIpc) is 2.43. The standard InChI is InChI=1S/C18H30O2/c1-2-3-4-5-6-7-8-9-10-11-12-13-14-15-16-17-18(19)20/h2-6H,1,7-17H2,(H,19,20)/b4-3+,6-5-. The predicted molar refractivity (Wildman–Crippen MR) is 86.9 cm³/mol. The van der Waals surface area contributed by atoms with Crippen molar-refractivity contribution in [2.24, 2.45) is 0 Å². The van der Waals surface area contributed by atoms with Gasteiger partial charge in [0.2, 0.25) is 0 Å². The summed E-state index contributed by atoms with van der Waals surface area (Å²) in [6.07, 6.45) is 22.4. The molecule has 0 saturated heterocycles. The summed E-state index contributed by atoms with van der Waals surface area (Å²) in [5, 5.41) is 8.50. The third-order valence-electron chi connectivity index (χ3n) is 3.26. The largest absolute Gasteiger partial charge is 0.481 e. The van der Waals surface area contributed by atoms with Crippen LogP contribution in [0.25, 0.3) is 0 Å². The fraction of sp³-hybridized carbons (Fsp3) is 0.611. The van der Waals surface area contributed by atoms with Gasteiger partial charge in [-0.05, 0) is 19.3 Å². The quantitative estimate of drug-likeness (QED) is 0.329. The zero-order chi connectivity index (χ0) is 14.9. The molecule has 0 saturated carbocycles. The fourth-order valence-electron chi connectivity index (χ4n) is 2.09. The van der Waals surface area contributed by atoms with Gasteiger partial charge in [-0.25, -0.2) is 0 Å². The van der Waals surface area contributed by atoms with Gasteiger partial charge < -0.3 is 5.11 Å². The normalized spacial score (nSPS) is 11.4. The summed E-state index contributed by atoms with van der Waals surface area (Å²) in [6.45, 7) is 3.62. The fourth-order valence-corrected chi connectivity index (χ4v) is 2.09. The molecule has 0 atom stereocenters. The molecule has 2 nitrogen and oxygen atoms in total. The molecule has 0 bridgehead atoms. The maximum absolute atomic E-state index is 10.3. The molecule has 0 aromatic heterocycles. The van der Waals surface area contributed by atoms with Crippen molar-refractivity contribution in [2.75, 3.05) is 0 Å². The van der Waals surface area contributed by atoms with Crippen molar-refractivity contribution in [3.63, 3.8) is 0 Å². The second-order valence-corrected chi connectivity index (χ2v) is 5.16. The number of hydrogen-bond acceptors (Lipinski definition) is 1. The van der Waals surface area contributed by atoms with Crippen LogP contribution in [0.4, 0.5) is 0 Å². The Morgan fingerprint density at radius 3 is 1.90 bits per heavy atom. The van der Waals surface area contributed by atoms with Gasteiger partial charge in [0.1, 0.15) is 0 Å². The summed E-state index contributed by atoms with van der Waals surface area (Å²) < 4.78 is 0. The van der Waals surface area contributed by atoms with E-state index in [9.17, 15) is 4.79 Å². The number of unbranched alkanes of at least 4 members (excludes halogenated alkanes) is 9. The minimum absolute atomic E-state index is 0.329. The zero-order valence-electron chi connectivity index (χ0n) is 12.7. The molecule has 0 unspecified atom stereocenters. The number of hydrogen-bond donors (Lipinski definition) is 1. The summed E-state index contributed by atoms with van der Waals surface area (Å²) in [6, 6.07) is 0. The van der Waals surface area contributed by atoms with Gasteiger partial charge >= 0.3 is 5.97 Å². The molecule has 0 radical (unpaired) electrons. The van der Waals surface area contributed by atoms with Crippen LogP contribution in [-0.4, -0.2) is 11.1 Å². The van der Waals surface area contributed by atoms with Gasteiger partial charge in [0.05, 0.1) is 0 Å². The van der Waals surface area contributed by atoms with Gasteiger partial charge in [-0.3, -0.25) is 4.79 Å². The molecule has 114 valence electrons. The lowest BCUT2D eigenvalue weighted by atomic mass is 10.1. The summed E-state index contributed by atoms with van der Waals surface area (Å²) in [5.41, 5.74) is 0. The smallest absolute Gasteiger partial charge is 0.303 e. The van der Waals surface area contributed by atoms with Gasteiger partial charge in [0.15, 0.2) is 0 Å². The van der Waals surface area contributed by atoms with Gasteiger partial charge in [0.25, 0.3) is 0 Å². The van der Waals surface area contributed by atoms with E-state index in [1.54, 1.807) is 6.08 Å². The molecule has 0 fully saturated rings. The maximum atomic E-state index is 10.3. The lowest BCUT2D eigenvalue weighted by Crippen LogP contribution is -1.93. The van der Waals surface area contributed by atoms with E-state index in [0.29, 0.717) is 6.42 Å². The Labute approximate surface area is 124 Å². The first-order chi connectivity index (χ1) is 9.77. The Morgan fingerprint density at radius 2 is 1.35 bits per heavy atom. The second kappa shape index (κ2) is 15.7. The summed E-state index contributed by atoms with van der Waals surface area (Å²) >= 11 is 0. The van der Waals surface area contributed by atoms with Crippen LogP contribution in [0, 0.1) is 0 Å². The average molecular weight is 278 g/mol. The molecule has 0 aromatic rings. The van der Waals surface area contributed by atoms with E-state index in [1.165, 1.54) is 44.9 Å². The lowest BCUT2D eigenvalue weighted by Gasteiger charge is -2.01. The van der Waals surface area contributed by atoms with Crippen molar-refractivity contribution < 1.29 is 9.90 Å². The van der Waals surface area contributed by atoms with Crippen LogP contribution >= 0.6 is 0 Å². The van der Waals surface area contributed by atoms with Gasteiger partial charge in [-0.15, -0.1) is 0 Å². The Balaban J connectivity index is 3.09. The highest BCUT2D eigenvalue weighted by Crippen LogP contribution is 2.11. The number of carboxylic acids is 1. The molecule has 0 aliphatic rings. The number of rotatable bonds is 14. The SMILES string of the molecule is C=C/C=C/C=C\CCCCCCCCCCCC(=O)O. The van der Waals surface area contributed by atoms with E-state index < -0.39 is 5.97 Å². The second-order valence-electron chi connectivity index (χ2n) is 5.16. The van der Waals surface area contributed by atoms with Crippen molar-refractivity contribution >= 4 is 5.97 Å². The highest BCUT2D eigenvalue weighted by molar-refractivity contribution is 5.66. The van der Waals surface area contributed by atoms with E-state index in [1.807, 2.05) is 12.2 Å². The Morgan fingerprint density at radius 1 is 0.800 bits per heavy atom. The topological polar surface area (TPSA) is 37.3 Å². The summed E-state index contributed by atoms with van der Waals surface area (Å²) in [4.78, 5) is 10.3. The van der Waals surface area contributed by atoms with Gasteiger partial charge in [0, 0.05) is 6.42 Å². The molecule has 0 rings (SSSR count). The van der Waals surface area contributed by atoms with Gasteiger partial charge in [-0.1, -0.05) is 81.9 Å². The van der Waals surface area contributed by atoms with Gasteiger partial charge in [-0.2, -0.15) is 0 Å². The van der Waals surface area contributed by atoms with E-state index in [4.69, 9.17) is 5.11 Å². The molecule has 2 heteroatoms. The number of carboxylic acid groups (broad SMARTS) is 1. The Hall–Kier alpha value is -1.31. The van der Waals surface area contributed by atoms with Crippen molar-refractivity contribution in [2.45, 2.75) is 70.6 Å². The van der Waals surface area contributed by atoms with Crippen molar-refractivity contribution in [3.05, 3.63) is 37.0 Å². The highest BCUT2D eigenvalue weighted by Gasteiger charge is 1.96. The first-order valence-corrected chi connectivity index (χ1v) is 7.93. The summed E-state index contributed by atoms with van der Waals surface area (Å²) in [5.74, 6) is -0.668. The van der Waals surface area contributed by atoms with Crippen molar-refractivity contribution in [3.8, 4) is 0 Å². The highest BCUT2D eigenvalue weighted by atomic mass is 16.4. The van der Waals surface area contributed by atoms with E-state index in [-0.39, 0.29) is 0 Å². The van der Waals surface area contributed by atoms with Crippen LogP contribution in [0.5, 0.6) is 0 Å². The van der Waals surface area contributed by atoms with Crippen LogP contribution in [0.1, 0.15) is 70.6 Å². The number of carbonyl (C=O) groups is 1. The Kier molecular flexibility index (Phi) is 14.7. The molecular formula is C18H30O2. The molecule has 20 heavy (non-hydrogen) atoms. The van der Waals surface area contributed by atoms with Crippen LogP contribution < -0.4 is 0 Å². The molecule has 1 N–H and O–H groups in total. The Bertz CT molecular complexity index is 290. The predicted octanol–water partition coefficient (Wildman–Crippen LogP) is 5.66.